The van der Waals surface area contributed by atoms with Crippen LogP contribution in [0.4, 0.5) is 11.5 Å². The van der Waals surface area contributed by atoms with Gasteiger partial charge in [-0.15, -0.1) is 0 Å². The average Bonchev–Trinajstić information content (AvgIpc) is 2.51. The molecule has 0 aliphatic heterocycles. The zero-order chi connectivity index (χ0) is 19.3. The molecule has 0 spiro atoms. The van der Waals surface area contributed by atoms with E-state index in [9.17, 15) is 8.42 Å². The van der Waals surface area contributed by atoms with Gasteiger partial charge in [0.2, 0.25) is 0 Å². The maximum atomic E-state index is 12.8. The third kappa shape index (κ3) is 5.44. The third-order valence-corrected chi connectivity index (χ3v) is 5.66. The van der Waals surface area contributed by atoms with Crippen molar-refractivity contribution >= 4 is 21.5 Å². The van der Waals surface area contributed by atoms with Crippen LogP contribution in [0.25, 0.3) is 0 Å². The molecule has 0 radical (unpaired) electrons. The van der Waals surface area contributed by atoms with Gasteiger partial charge in [0.1, 0.15) is 5.82 Å². The van der Waals surface area contributed by atoms with Crippen LogP contribution in [0.1, 0.15) is 23.1 Å². The number of rotatable bonds is 8. The van der Waals surface area contributed by atoms with Crippen molar-refractivity contribution in [1.29, 1.82) is 0 Å². The molecule has 26 heavy (non-hydrogen) atoms. The summed E-state index contributed by atoms with van der Waals surface area (Å²) < 4.78 is 28.1. The lowest BCUT2D eigenvalue weighted by Crippen LogP contribution is -2.17. The number of nitrogens with one attached hydrogen (secondary N) is 2. The molecule has 0 fully saturated rings. The Kier molecular flexibility index (Phi) is 6.61. The number of hydrogen-bond donors (Lipinski definition) is 2. The van der Waals surface area contributed by atoms with Gasteiger partial charge in [0.15, 0.2) is 0 Å². The van der Waals surface area contributed by atoms with Gasteiger partial charge >= 0.3 is 0 Å². The Labute approximate surface area is 156 Å². The Morgan fingerprint density at radius 3 is 2.27 bits per heavy atom. The van der Waals surface area contributed by atoms with Gasteiger partial charge in [-0.1, -0.05) is 17.7 Å². The molecule has 0 amide bonds. The molecule has 2 aromatic rings. The molecule has 2 rings (SSSR count). The zero-order valence-electron chi connectivity index (χ0n) is 16.1. The van der Waals surface area contributed by atoms with Crippen LogP contribution in [-0.4, -0.2) is 45.5 Å². The highest BCUT2D eigenvalue weighted by atomic mass is 32.2. The lowest BCUT2D eigenvalue weighted by atomic mass is 10.1. The van der Waals surface area contributed by atoms with Gasteiger partial charge in [0, 0.05) is 6.54 Å². The number of sulfonamides is 1. The second-order valence-corrected chi connectivity index (χ2v) is 8.47. The van der Waals surface area contributed by atoms with Gasteiger partial charge in [0.05, 0.1) is 16.8 Å². The molecular formula is C19H28N4O2S. The van der Waals surface area contributed by atoms with Gasteiger partial charge < -0.3 is 10.2 Å². The van der Waals surface area contributed by atoms with E-state index in [0.717, 1.165) is 42.0 Å². The van der Waals surface area contributed by atoms with Crippen LogP contribution >= 0.6 is 0 Å². The normalized spacial score (nSPS) is 11.6. The largest absolute Gasteiger partial charge is 0.370 e. The lowest BCUT2D eigenvalue weighted by molar-refractivity contribution is 0.405. The van der Waals surface area contributed by atoms with Crippen LogP contribution in [0.3, 0.4) is 0 Å². The fraction of sp³-hybridized carbons (Fsp3) is 0.421. The van der Waals surface area contributed by atoms with Gasteiger partial charge in [-0.3, -0.25) is 4.72 Å². The van der Waals surface area contributed by atoms with E-state index in [1.54, 1.807) is 12.1 Å². The maximum Gasteiger partial charge on any atom is 0.262 e. The fourth-order valence-electron chi connectivity index (χ4n) is 2.97. The summed E-state index contributed by atoms with van der Waals surface area (Å²) in [5, 5.41) is 3.23. The van der Waals surface area contributed by atoms with Crippen LogP contribution in [0.5, 0.6) is 0 Å². The lowest BCUT2D eigenvalue weighted by Gasteiger charge is -2.14. The number of anilines is 2. The summed E-state index contributed by atoms with van der Waals surface area (Å²) in [5.74, 6) is 0.731. The molecule has 0 aliphatic rings. The Morgan fingerprint density at radius 1 is 1.08 bits per heavy atom. The monoisotopic (exact) mass is 376 g/mol. The highest BCUT2D eigenvalue weighted by molar-refractivity contribution is 7.92. The van der Waals surface area contributed by atoms with E-state index in [2.05, 4.69) is 19.9 Å². The molecule has 1 heterocycles. The molecule has 0 atom stereocenters. The number of benzene rings is 1. The van der Waals surface area contributed by atoms with Crippen molar-refractivity contribution in [3.63, 3.8) is 0 Å². The first-order valence-electron chi connectivity index (χ1n) is 8.64. The minimum atomic E-state index is -3.65. The summed E-state index contributed by atoms with van der Waals surface area (Å²) in [6.07, 6.45) is 2.54. The molecular weight excluding hydrogens is 348 g/mol. The first-order valence-corrected chi connectivity index (χ1v) is 10.1. The fourth-order valence-corrected chi connectivity index (χ4v) is 4.47. The third-order valence-electron chi connectivity index (χ3n) is 3.98. The standard InChI is InChI=1S/C19H28N4O2S/c1-14-11-15(2)19(16(3)12-14)26(24,25)22-17-7-8-18(21-13-17)20-9-6-10-23(4)5/h7-8,11-13,22H,6,9-10H2,1-5H3,(H,20,21). The molecule has 0 aliphatic carbocycles. The molecule has 1 aromatic heterocycles. The maximum absolute atomic E-state index is 12.8. The summed E-state index contributed by atoms with van der Waals surface area (Å²) >= 11 is 0. The number of nitrogens with zero attached hydrogens (tertiary/aromatic N) is 2. The number of pyridine rings is 1. The minimum Gasteiger partial charge on any atom is -0.370 e. The van der Waals surface area contributed by atoms with Crippen molar-refractivity contribution in [1.82, 2.24) is 9.88 Å². The zero-order valence-corrected chi connectivity index (χ0v) is 16.9. The highest BCUT2D eigenvalue weighted by Crippen LogP contribution is 2.24. The van der Waals surface area contributed by atoms with Gasteiger partial charge in [-0.05, 0) is 71.1 Å². The minimum absolute atomic E-state index is 0.328. The van der Waals surface area contributed by atoms with E-state index in [1.165, 1.54) is 6.20 Å². The summed E-state index contributed by atoms with van der Waals surface area (Å²) in [6, 6.07) is 7.25. The molecule has 1 aromatic carbocycles. The molecule has 2 N–H and O–H groups in total. The summed E-state index contributed by atoms with van der Waals surface area (Å²) in [4.78, 5) is 6.74. The SMILES string of the molecule is Cc1cc(C)c(S(=O)(=O)Nc2ccc(NCCCN(C)C)nc2)c(C)c1. The number of aryl methyl sites for hydroxylation is 3. The second-order valence-electron chi connectivity index (χ2n) is 6.85. The van der Waals surface area contributed by atoms with Crippen molar-refractivity contribution in [2.24, 2.45) is 0 Å². The Balaban J connectivity index is 2.06. The van der Waals surface area contributed by atoms with Crippen LogP contribution < -0.4 is 10.0 Å². The molecule has 0 bridgehead atoms. The Bertz CT molecular complexity index is 823. The van der Waals surface area contributed by atoms with Crippen LogP contribution in [0.15, 0.2) is 35.4 Å². The van der Waals surface area contributed by atoms with E-state index in [0.29, 0.717) is 10.6 Å². The highest BCUT2D eigenvalue weighted by Gasteiger charge is 2.20. The molecule has 0 saturated carbocycles. The van der Waals surface area contributed by atoms with E-state index in [-0.39, 0.29) is 0 Å². The van der Waals surface area contributed by atoms with Gasteiger partial charge in [0.25, 0.3) is 10.0 Å². The van der Waals surface area contributed by atoms with Gasteiger partial charge in [-0.2, -0.15) is 0 Å². The van der Waals surface area contributed by atoms with Crippen molar-refractivity contribution in [3.05, 3.63) is 47.2 Å². The predicted molar refractivity (Wildman–Crippen MR) is 107 cm³/mol. The average molecular weight is 377 g/mol. The Hall–Kier alpha value is -2.12. The van der Waals surface area contributed by atoms with Crippen LogP contribution in [0.2, 0.25) is 0 Å². The van der Waals surface area contributed by atoms with Crippen LogP contribution in [-0.2, 0) is 10.0 Å². The first-order chi connectivity index (χ1) is 12.2. The summed E-state index contributed by atoms with van der Waals surface area (Å²) in [6.45, 7) is 7.40. The van der Waals surface area contributed by atoms with E-state index in [1.807, 2.05) is 47.0 Å². The van der Waals surface area contributed by atoms with E-state index in [4.69, 9.17) is 0 Å². The van der Waals surface area contributed by atoms with Crippen molar-refractivity contribution in [2.45, 2.75) is 32.1 Å². The van der Waals surface area contributed by atoms with Crippen molar-refractivity contribution in [3.8, 4) is 0 Å². The molecule has 142 valence electrons. The summed E-state index contributed by atoms with van der Waals surface area (Å²) in [5.41, 5.74) is 2.97. The molecule has 0 saturated heterocycles. The van der Waals surface area contributed by atoms with Crippen molar-refractivity contribution < 1.29 is 8.42 Å². The summed E-state index contributed by atoms with van der Waals surface area (Å²) in [7, 11) is 0.426. The smallest absolute Gasteiger partial charge is 0.262 e. The van der Waals surface area contributed by atoms with Crippen LogP contribution in [0, 0.1) is 20.8 Å². The topological polar surface area (TPSA) is 74.3 Å². The predicted octanol–water partition coefficient (Wildman–Crippen LogP) is 3.17. The molecule has 0 unspecified atom stereocenters. The second kappa shape index (κ2) is 8.51. The van der Waals surface area contributed by atoms with Gasteiger partial charge in [-0.25, -0.2) is 13.4 Å². The van der Waals surface area contributed by atoms with E-state index >= 15 is 0 Å². The molecule has 6 nitrogen and oxygen atoms in total. The Morgan fingerprint density at radius 2 is 1.73 bits per heavy atom. The molecule has 7 heteroatoms. The first kappa shape index (κ1) is 20.2. The number of hydrogen-bond acceptors (Lipinski definition) is 5. The quantitative estimate of drug-likeness (QED) is 0.692. The van der Waals surface area contributed by atoms with E-state index < -0.39 is 10.0 Å². The number of aromatic nitrogens is 1. The van der Waals surface area contributed by atoms with Crippen molar-refractivity contribution in [2.75, 3.05) is 37.2 Å².